The second-order valence-corrected chi connectivity index (χ2v) is 2.01. The zero-order valence-corrected chi connectivity index (χ0v) is 5.24. The zero-order chi connectivity index (χ0) is 6.53. The smallest absolute Gasteiger partial charge is 0.295 e. The summed E-state index contributed by atoms with van der Waals surface area (Å²) in [7, 11) is 0. The van der Waals surface area contributed by atoms with E-state index in [1.165, 1.54) is 0 Å². The highest BCUT2D eigenvalue weighted by Crippen LogP contribution is 1.93. The summed E-state index contributed by atoms with van der Waals surface area (Å²) in [5.41, 5.74) is 0. The van der Waals surface area contributed by atoms with Crippen molar-refractivity contribution in [3.63, 3.8) is 0 Å². The minimum absolute atomic E-state index is 0.130. The van der Waals surface area contributed by atoms with E-state index in [1.54, 1.807) is 0 Å². The van der Waals surface area contributed by atoms with Gasteiger partial charge in [-0.3, -0.25) is 4.79 Å². The average molecular weight is 123 g/mol. The molecule has 0 aromatic carbocycles. The van der Waals surface area contributed by atoms with Gasteiger partial charge in [0.25, 0.3) is 5.91 Å². The predicted molar refractivity (Wildman–Crippen MR) is 34.6 cm³/mol. The highest BCUT2D eigenvalue weighted by molar-refractivity contribution is 5.93. The first-order valence-corrected chi connectivity index (χ1v) is 3.16. The molecule has 0 aromatic heterocycles. The summed E-state index contributed by atoms with van der Waals surface area (Å²) in [5, 5.41) is 2.67. The molecular weight excluding hydrogens is 114 g/mol. The molecule has 0 unspecified atom stereocenters. The molecule has 9 heavy (non-hydrogen) atoms. The second-order valence-electron chi connectivity index (χ2n) is 2.01. The van der Waals surface area contributed by atoms with Crippen molar-refractivity contribution in [1.29, 1.82) is 0 Å². The van der Waals surface area contributed by atoms with E-state index in [0.717, 1.165) is 25.8 Å². The Morgan fingerprint density at radius 1 is 1.44 bits per heavy atom. The van der Waals surface area contributed by atoms with Crippen molar-refractivity contribution < 1.29 is 4.79 Å². The summed E-state index contributed by atoms with van der Waals surface area (Å²) in [4.78, 5) is 10.6. The summed E-state index contributed by atoms with van der Waals surface area (Å²) in [6, 6.07) is 0. The molecule has 0 aromatic rings. The van der Waals surface area contributed by atoms with Crippen molar-refractivity contribution in [2.75, 3.05) is 6.54 Å². The molecule has 1 aliphatic rings. The molecule has 0 fully saturated rings. The molecule has 0 bridgehead atoms. The van der Waals surface area contributed by atoms with Gasteiger partial charge in [-0.05, 0) is 18.8 Å². The number of amides is 1. The lowest BCUT2D eigenvalue weighted by Crippen LogP contribution is -2.23. The predicted octanol–water partition coefficient (Wildman–Crippen LogP) is 0.290. The van der Waals surface area contributed by atoms with Gasteiger partial charge in [0.2, 0.25) is 0 Å². The monoisotopic (exact) mass is 123 g/mol. The molecule has 0 spiro atoms. The van der Waals surface area contributed by atoms with Crippen LogP contribution in [0.1, 0.15) is 19.3 Å². The van der Waals surface area contributed by atoms with Gasteiger partial charge in [-0.25, -0.2) is 0 Å². The van der Waals surface area contributed by atoms with E-state index in [1.807, 2.05) is 0 Å². The Morgan fingerprint density at radius 2 is 2.33 bits per heavy atom. The molecule has 1 amide bonds. The van der Waals surface area contributed by atoms with Crippen LogP contribution in [0.25, 0.3) is 0 Å². The van der Waals surface area contributed by atoms with Crippen molar-refractivity contribution in [3.05, 3.63) is 0 Å². The van der Waals surface area contributed by atoms with Crippen LogP contribution in [0, 0.1) is 11.8 Å². The van der Waals surface area contributed by atoms with Gasteiger partial charge in [0, 0.05) is 13.0 Å². The largest absolute Gasteiger partial charge is 0.345 e. The van der Waals surface area contributed by atoms with Crippen molar-refractivity contribution in [2.24, 2.45) is 0 Å². The second kappa shape index (κ2) is 3.13. The van der Waals surface area contributed by atoms with E-state index in [2.05, 4.69) is 17.2 Å². The number of rotatable bonds is 0. The van der Waals surface area contributed by atoms with Crippen LogP contribution < -0.4 is 5.32 Å². The number of hydrogen-bond donors (Lipinski definition) is 1. The fraction of sp³-hybridized carbons (Fsp3) is 0.571. The van der Waals surface area contributed by atoms with Gasteiger partial charge in [0.15, 0.2) is 0 Å². The van der Waals surface area contributed by atoms with Crippen molar-refractivity contribution in [1.82, 2.24) is 5.32 Å². The Bertz CT molecular complexity index is 163. The molecule has 1 rings (SSSR count). The Balaban J connectivity index is 2.47. The molecule has 1 aliphatic heterocycles. The fourth-order valence-electron chi connectivity index (χ4n) is 0.727. The lowest BCUT2D eigenvalue weighted by molar-refractivity contribution is -0.115. The Morgan fingerprint density at radius 3 is 3.22 bits per heavy atom. The first-order valence-electron chi connectivity index (χ1n) is 3.16. The van der Waals surface area contributed by atoms with Crippen LogP contribution >= 0.6 is 0 Å². The normalized spacial score (nSPS) is 18.4. The van der Waals surface area contributed by atoms with Crippen LogP contribution in [0.5, 0.6) is 0 Å². The number of carbonyl (C=O) groups is 1. The van der Waals surface area contributed by atoms with Gasteiger partial charge in [0.05, 0.1) is 0 Å². The highest BCUT2D eigenvalue weighted by atomic mass is 16.1. The third kappa shape index (κ3) is 2.18. The van der Waals surface area contributed by atoms with Crippen LogP contribution in [0.4, 0.5) is 0 Å². The molecule has 1 N–H and O–H groups in total. The third-order valence-corrected chi connectivity index (χ3v) is 1.22. The zero-order valence-electron chi connectivity index (χ0n) is 5.24. The lowest BCUT2D eigenvalue weighted by atomic mass is 10.2. The first kappa shape index (κ1) is 6.15. The number of hydrogen-bond acceptors (Lipinski definition) is 1. The number of nitrogens with one attached hydrogen (secondary N) is 1. The Kier molecular flexibility index (Phi) is 2.14. The maximum Gasteiger partial charge on any atom is 0.295 e. The lowest BCUT2D eigenvalue weighted by Gasteiger charge is -2.00. The van der Waals surface area contributed by atoms with Gasteiger partial charge in [0.1, 0.15) is 0 Å². The van der Waals surface area contributed by atoms with Crippen LogP contribution in [0.15, 0.2) is 0 Å². The third-order valence-electron chi connectivity index (χ3n) is 1.22. The SMILES string of the molecule is O=C1C#CCCCCN1. The first-order chi connectivity index (χ1) is 4.39. The van der Waals surface area contributed by atoms with E-state index in [4.69, 9.17) is 0 Å². The molecule has 0 radical (unpaired) electrons. The maximum atomic E-state index is 10.6. The van der Waals surface area contributed by atoms with Crippen LogP contribution in [0.2, 0.25) is 0 Å². The quantitative estimate of drug-likeness (QED) is 0.461. The Hall–Kier alpha value is -0.970. The van der Waals surface area contributed by atoms with Gasteiger partial charge in [-0.2, -0.15) is 0 Å². The Labute approximate surface area is 54.6 Å². The molecule has 48 valence electrons. The van der Waals surface area contributed by atoms with E-state index in [9.17, 15) is 4.79 Å². The van der Waals surface area contributed by atoms with Gasteiger partial charge in [-0.1, -0.05) is 5.92 Å². The van der Waals surface area contributed by atoms with Gasteiger partial charge in [-0.15, -0.1) is 0 Å². The van der Waals surface area contributed by atoms with Crippen LogP contribution in [0.3, 0.4) is 0 Å². The van der Waals surface area contributed by atoms with Crippen molar-refractivity contribution >= 4 is 5.91 Å². The molecule has 2 heteroatoms. The molecule has 0 aliphatic carbocycles. The molecule has 1 heterocycles. The van der Waals surface area contributed by atoms with Crippen LogP contribution in [-0.4, -0.2) is 12.5 Å². The summed E-state index contributed by atoms with van der Waals surface area (Å²) in [6.07, 6.45) is 3.03. The minimum atomic E-state index is -0.130. The molecule has 0 saturated carbocycles. The summed E-state index contributed by atoms with van der Waals surface area (Å²) in [6.45, 7) is 0.785. The summed E-state index contributed by atoms with van der Waals surface area (Å²) >= 11 is 0. The highest BCUT2D eigenvalue weighted by Gasteiger charge is 1.95. The maximum absolute atomic E-state index is 10.6. The van der Waals surface area contributed by atoms with Gasteiger partial charge >= 0.3 is 0 Å². The fourth-order valence-corrected chi connectivity index (χ4v) is 0.727. The summed E-state index contributed by atoms with van der Waals surface area (Å²) in [5.74, 6) is 5.13. The molecular formula is C7H9NO. The van der Waals surface area contributed by atoms with Crippen LogP contribution in [-0.2, 0) is 4.79 Å². The molecule has 2 nitrogen and oxygen atoms in total. The molecule has 0 atom stereocenters. The van der Waals surface area contributed by atoms with E-state index in [0.29, 0.717) is 0 Å². The van der Waals surface area contributed by atoms with Crippen molar-refractivity contribution in [3.8, 4) is 11.8 Å². The molecule has 0 saturated heterocycles. The average Bonchev–Trinajstić information content (AvgIpc) is 1.79. The van der Waals surface area contributed by atoms with Gasteiger partial charge < -0.3 is 5.32 Å². The summed E-state index contributed by atoms with van der Waals surface area (Å²) < 4.78 is 0. The topological polar surface area (TPSA) is 29.1 Å². The van der Waals surface area contributed by atoms with Crippen molar-refractivity contribution in [2.45, 2.75) is 19.3 Å². The number of carbonyl (C=O) groups excluding carboxylic acids is 1. The van der Waals surface area contributed by atoms with E-state index < -0.39 is 0 Å². The standard InChI is InChI=1S/C7H9NO/c9-7-5-3-1-2-4-6-8-7/h1-2,4,6H2,(H,8,9). The van der Waals surface area contributed by atoms with E-state index in [-0.39, 0.29) is 5.91 Å². The minimum Gasteiger partial charge on any atom is -0.345 e. The van der Waals surface area contributed by atoms with E-state index >= 15 is 0 Å².